The molecule has 0 radical (unpaired) electrons. The highest BCUT2D eigenvalue weighted by Crippen LogP contribution is 2.43. The summed E-state index contributed by atoms with van der Waals surface area (Å²) in [6.07, 6.45) is 4.47. The molecular weight excluding hydrogens is 295 g/mol. The first-order chi connectivity index (χ1) is 11.2. The number of rotatable bonds is 2. The van der Waals surface area contributed by atoms with Gasteiger partial charge in [-0.25, -0.2) is 14.4 Å². The number of fused-ring (bicyclic) bond motifs is 1. The zero-order valence-corrected chi connectivity index (χ0v) is 12.5. The van der Waals surface area contributed by atoms with Gasteiger partial charge in [0.15, 0.2) is 0 Å². The highest BCUT2D eigenvalue weighted by atomic mass is 19.1. The molecule has 0 bridgehead atoms. The summed E-state index contributed by atoms with van der Waals surface area (Å²) in [6.45, 7) is 2.42. The smallest absolute Gasteiger partial charge is 0.257 e. The van der Waals surface area contributed by atoms with Crippen LogP contribution in [-0.2, 0) is 0 Å². The summed E-state index contributed by atoms with van der Waals surface area (Å²) >= 11 is 0. The number of likely N-dealkylation sites (tertiary alicyclic amines) is 1. The Hall–Kier alpha value is -2.34. The van der Waals surface area contributed by atoms with Gasteiger partial charge in [0.05, 0.1) is 11.6 Å². The van der Waals surface area contributed by atoms with Crippen LogP contribution in [0.3, 0.4) is 0 Å². The number of halogens is 1. The molecule has 1 aromatic heterocycles. The molecule has 4 rings (SSSR count). The summed E-state index contributed by atoms with van der Waals surface area (Å²) in [5, 5.41) is 3.38. The Morgan fingerprint density at radius 3 is 2.87 bits per heavy atom. The van der Waals surface area contributed by atoms with Gasteiger partial charge in [0.2, 0.25) is 0 Å². The van der Waals surface area contributed by atoms with Gasteiger partial charge in [-0.3, -0.25) is 4.79 Å². The normalized spacial score (nSPS) is 26.3. The molecule has 2 aromatic rings. The number of aromatic nitrogens is 2. The van der Waals surface area contributed by atoms with Crippen LogP contribution < -0.4 is 5.32 Å². The number of benzene rings is 1. The van der Waals surface area contributed by atoms with Crippen molar-refractivity contribution in [1.29, 1.82) is 0 Å². The van der Waals surface area contributed by atoms with E-state index in [1.807, 2.05) is 11.0 Å². The number of hydrogen-bond donors (Lipinski definition) is 1. The SMILES string of the molecule is O=C(c1cncnc1)N1C[C@@H]2CNC[C@@H]2[C@H]1c1cccc(F)c1. The number of carbonyl (C=O) groups excluding carboxylic acids is 1. The number of hydrogen-bond acceptors (Lipinski definition) is 4. The van der Waals surface area contributed by atoms with Crippen molar-refractivity contribution in [3.05, 3.63) is 59.9 Å². The minimum absolute atomic E-state index is 0.0886. The first-order valence-corrected chi connectivity index (χ1v) is 7.76. The average Bonchev–Trinajstić information content (AvgIpc) is 3.15. The zero-order valence-electron chi connectivity index (χ0n) is 12.5. The molecule has 118 valence electrons. The monoisotopic (exact) mass is 312 g/mol. The van der Waals surface area contributed by atoms with Crippen molar-refractivity contribution in [2.75, 3.05) is 19.6 Å². The lowest BCUT2D eigenvalue weighted by molar-refractivity contribution is 0.0713. The molecule has 1 aromatic carbocycles. The summed E-state index contributed by atoms with van der Waals surface area (Å²) < 4.78 is 13.7. The van der Waals surface area contributed by atoms with Gasteiger partial charge < -0.3 is 10.2 Å². The van der Waals surface area contributed by atoms with Crippen LogP contribution in [0.5, 0.6) is 0 Å². The van der Waals surface area contributed by atoms with E-state index in [0.717, 1.165) is 18.7 Å². The lowest BCUT2D eigenvalue weighted by Crippen LogP contribution is -2.34. The van der Waals surface area contributed by atoms with Gasteiger partial charge in [-0.1, -0.05) is 12.1 Å². The van der Waals surface area contributed by atoms with Crippen LogP contribution in [0.25, 0.3) is 0 Å². The molecule has 1 N–H and O–H groups in total. The highest BCUT2D eigenvalue weighted by molar-refractivity contribution is 5.94. The maximum absolute atomic E-state index is 13.7. The molecule has 0 unspecified atom stereocenters. The van der Waals surface area contributed by atoms with Crippen LogP contribution in [0.1, 0.15) is 22.0 Å². The van der Waals surface area contributed by atoms with E-state index in [-0.39, 0.29) is 17.8 Å². The number of amides is 1. The maximum atomic E-state index is 13.7. The Morgan fingerprint density at radius 1 is 1.26 bits per heavy atom. The van der Waals surface area contributed by atoms with E-state index in [1.165, 1.54) is 30.9 Å². The number of nitrogens with one attached hydrogen (secondary N) is 1. The Bertz CT molecular complexity index is 724. The van der Waals surface area contributed by atoms with Crippen molar-refractivity contribution in [2.45, 2.75) is 6.04 Å². The number of carbonyl (C=O) groups is 1. The van der Waals surface area contributed by atoms with E-state index < -0.39 is 0 Å². The molecule has 3 atom stereocenters. The Balaban J connectivity index is 1.71. The van der Waals surface area contributed by atoms with E-state index in [4.69, 9.17) is 0 Å². The molecule has 23 heavy (non-hydrogen) atoms. The first-order valence-electron chi connectivity index (χ1n) is 7.76. The second kappa shape index (κ2) is 5.70. The van der Waals surface area contributed by atoms with E-state index in [9.17, 15) is 9.18 Å². The lowest BCUT2D eigenvalue weighted by atomic mass is 9.89. The quantitative estimate of drug-likeness (QED) is 0.916. The fourth-order valence-electron chi connectivity index (χ4n) is 3.82. The first kappa shape index (κ1) is 14.3. The maximum Gasteiger partial charge on any atom is 0.257 e. The van der Waals surface area contributed by atoms with Gasteiger partial charge in [0, 0.05) is 37.9 Å². The second-order valence-corrected chi connectivity index (χ2v) is 6.17. The number of nitrogens with zero attached hydrogens (tertiary/aromatic N) is 3. The van der Waals surface area contributed by atoms with Crippen molar-refractivity contribution in [3.8, 4) is 0 Å². The van der Waals surface area contributed by atoms with Gasteiger partial charge in [0.25, 0.3) is 5.91 Å². The Kier molecular flexibility index (Phi) is 3.53. The summed E-state index contributed by atoms with van der Waals surface area (Å²) in [6, 6.07) is 6.45. The summed E-state index contributed by atoms with van der Waals surface area (Å²) in [4.78, 5) is 22.6. The third-order valence-electron chi connectivity index (χ3n) is 4.82. The Morgan fingerprint density at radius 2 is 2.09 bits per heavy atom. The molecule has 2 fully saturated rings. The molecule has 5 nitrogen and oxygen atoms in total. The van der Waals surface area contributed by atoms with E-state index in [1.54, 1.807) is 6.07 Å². The predicted octanol–water partition coefficient (Wildman–Crippen LogP) is 1.65. The minimum atomic E-state index is -0.271. The van der Waals surface area contributed by atoms with Crippen molar-refractivity contribution >= 4 is 5.91 Å². The summed E-state index contributed by atoms with van der Waals surface area (Å²) in [5.41, 5.74) is 1.33. The van der Waals surface area contributed by atoms with Gasteiger partial charge in [-0.05, 0) is 23.6 Å². The van der Waals surface area contributed by atoms with Gasteiger partial charge >= 0.3 is 0 Å². The fraction of sp³-hybridized carbons (Fsp3) is 0.353. The lowest BCUT2D eigenvalue weighted by Gasteiger charge is -2.28. The highest BCUT2D eigenvalue weighted by Gasteiger charge is 2.46. The molecule has 2 aliphatic rings. The van der Waals surface area contributed by atoms with E-state index >= 15 is 0 Å². The van der Waals surface area contributed by atoms with Crippen LogP contribution >= 0.6 is 0 Å². The largest absolute Gasteiger partial charge is 0.331 e. The van der Waals surface area contributed by atoms with E-state index in [2.05, 4.69) is 15.3 Å². The van der Waals surface area contributed by atoms with Gasteiger partial charge in [-0.15, -0.1) is 0 Å². The molecule has 3 heterocycles. The molecular formula is C17H17FN4O. The fourth-order valence-corrected chi connectivity index (χ4v) is 3.82. The van der Waals surface area contributed by atoms with Crippen LogP contribution in [0.4, 0.5) is 4.39 Å². The molecule has 1 amide bonds. The van der Waals surface area contributed by atoms with Gasteiger partial charge in [-0.2, -0.15) is 0 Å². The topological polar surface area (TPSA) is 58.1 Å². The zero-order chi connectivity index (χ0) is 15.8. The third kappa shape index (κ3) is 2.49. The second-order valence-electron chi connectivity index (χ2n) is 6.17. The third-order valence-corrected chi connectivity index (χ3v) is 4.82. The van der Waals surface area contributed by atoms with Crippen LogP contribution in [0, 0.1) is 17.7 Å². The molecule has 6 heteroatoms. The molecule has 0 saturated carbocycles. The molecule has 2 aliphatic heterocycles. The summed E-state index contributed by atoms with van der Waals surface area (Å²) in [7, 11) is 0. The van der Waals surface area contributed by atoms with Crippen molar-refractivity contribution in [1.82, 2.24) is 20.2 Å². The van der Waals surface area contributed by atoms with Crippen LogP contribution in [-0.4, -0.2) is 40.4 Å². The predicted molar refractivity (Wildman–Crippen MR) is 82.1 cm³/mol. The van der Waals surface area contributed by atoms with Gasteiger partial charge in [0.1, 0.15) is 12.1 Å². The molecule has 2 saturated heterocycles. The van der Waals surface area contributed by atoms with Crippen molar-refractivity contribution in [3.63, 3.8) is 0 Å². The molecule has 0 aliphatic carbocycles. The standard InChI is InChI=1S/C17H17FN4O/c18-14-3-1-2-11(4-14)16-15-8-19-7-13(15)9-22(16)17(23)12-5-20-10-21-6-12/h1-6,10,13,15-16,19H,7-9H2/t13-,15-,16+/m0/s1. The minimum Gasteiger partial charge on any atom is -0.331 e. The van der Waals surface area contributed by atoms with Crippen LogP contribution in [0.2, 0.25) is 0 Å². The van der Waals surface area contributed by atoms with Crippen molar-refractivity contribution in [2.24, 2.45) is 11.8 Å². The molecule has 0 spiro atoms. The van der Waals surface area contributed by atoms with Crippen molar-refractivity contribution < 1.29 is 9.18 Å². The Labute approximate surface area is 133 Å². The van der Waals surface area contributed by atoms with E-state index in [0.29, 0.717) is 23.9 Å². The van der Waals surface area contributed by atoms with Crippen LogP contribution in [0.15, 0.2) is 43.0 Å². The summed E-state index contributed by atoms with van der Waals surface area (Å²) in [5.74, 6) is 0.351. The average molecular weight is 312 g/mol.